The molecule has 0 saturated carbocycles. The van der Waals surface area contributed by atoms with Crippen molar-refractivity contribution < 1.29 is 4.79 Å². The first-order chi connectivity index (χ1) is 12.6. The van der Waals surface area contributed by atoms with E-state index in [2.05, 4.69) is 16.0 Å². The third-order valence-corrected chi connectivity index (χ3v) is 4.81. The lowest BCUT2D eigenvalue weighted by atomic mass is 10.1. The molecular formula is C20H21N5O. The van der Waals surface area contributed by atoms with Crippen LogP contribution in [0.25, 0.3) is 0 Å². The zero-order chi connectivity index (χ0) is 18.1. The van der Waals surface area contributed by atoms with Crippen LogP contribution in [0.2, 0.25) is 0 Å². The largest absolute Gasteiger partial charge is 0.352 e. The highest BCUT2D eigenvalue weighted by Crippen LogP contribution is 2.30. The third kappa shape index (κ3) is 2.83. The van der Waals surface area contributed by atoms with Crippen LogP contribution >= 0.6 is 0 Å². The summed E-state index contributed by atoms with van der Waals surface area (Å²) in [6.45, 7) is 1.28. The smallest absolute Gasteiger partial charge is 0.262 e. The topological polar surface area (TPSA) is 54.3 Å². The first-order valence-corrected chi connectivity index (χ1v) is 8.67. The van der Waals surface area contributed by atoms with E-state index < -0.39 is 0 Å². The molecule has 1 aliphatic rings. The molecule has 0 fully saturated rings. The minimum absolute atomic E-state index is 0.00950. The number of rotatable bonds is 4. The molecule has 3 aromatic rings. The second-order valence-corrected chi connectivity index (χ2v) is 6.52. The van der Waals surface area contributed by atoms with Crippen molar-refractivity contribution >= 4 is 17.4 Å². The van der Waals surface area contributed by atoms with Crippen molar-refractivity contribution in [2.45, 2.75) is 13.0 Å². The summed E-state index contributed by atoms with van der Waals surface area (Å²) in [6.07, 6.45) is 6.29. The summed E-state index contributed by atoms with van der Waals surface area (Å²) >= 11 is 0. The highest BCUT2D eigenvalue weighted by molar-refractivity contribution is 6.10. The van der Waals surface area contributed by atoms with E-state index in [0.717, 1.165) is 17.9 Å². The van der Waals surface area contributed by atoms with Crippen molar-refractivity contribution in [1.82, 2.24) is 14.5 Å². The molecule has 0 N–H and O–H groups in total. The van der Waals surface area contributed by atoms with Crippen LogP contribution in [0.5, 0.6) is 0 Å². The van der Waals surface area contributed by atoms with Crippen LogP contribution in [-0.2, 0) is 20.0 Å². The quantitative estimate of drug-likeness (QED) is 0.728. The number of hydrogen-bond acceptors (Lipinski definition) is 4. The third-order valence-electron chi connectivity index (χ3n) is 4.81. The number of aryl methyl sites for hydroxylation is 1. The minimum Gasteiger partial charge on any atom is -0.352 e. The summed E-state index contributed by atoms with van der Waals surface area (Å²) in [5.74, 6) is 1.58. The van der Waals surface area contributed by atoms with E-state index in [0.29, 0.717) is 24.5 Å². The Labute approximate surface area is 152 Å². The van der Waals surface area contributed by atoms with Gasteiger partial charge in [0, 0.05) is 44.9 Å². The Morgan fingerprint density at radius 1 is 1.15 bits per heavy atom. The predicted octanol–water partition coefficient (Wildman–Crippen LogP) is 2.65. The molecule has 1 amide bonds. The maximum Gasteiger partial charge on any atom is 0.262 e. The summed E-state index contributed by atoms with van der Waals surface area (Å²) in [5.41, 5.74) is 2.83. The monoisotopic (exact) mass is 347 g/mol. The molecule has 0 aliphatic carbocycles. The van der Waals surface area contributed by atoms with Crippen LogP contribution in [0.4, 0.5) is 11.5 Å². The summed E-state index contributed by atoms with van der Waals surface area (Å²) in [5, 5.41) is 0. The van der Waals surface area contributed by atoms with Crippen LogP contribution in [0.3, 0.4) is 0 Å². The molecule has 0 atom stereocenters. The molecular weight excluding hydrogens is 326 g/mol. The highest BCUT2D eigenvalue weighted by Gasteiger charge is 2.27. The second-order valence-electron chi connectivity index (χ2n) is 6.52. The number of carbonyl (C=O) groups is 1. The Balaban J connectivity index is 1.64. The van der Waals surface area contributed by atoms with Gasteiger partial charge in [0.2, 0.25) is 0 Å². The fraction of sp³-hybridized carbons (Fsp3) is 0.250. The second kappa shape index (κ2) is 6.63. The van der Waals surface area contributed by atoms with Gasteiger partial charge in [-0.05, 0) is 30.2 Å². The average molecular weight is 347 g/mol. The summed E-state index contributed by atoms with van der Waals surface area (Å²) < 4.78 is 1.97. The Hall–Kier alpha value is -3.15. The lowest BCUT2D eigenvalue weighted by molar-refractivity contribution is 0.0989. The summed E-state index contributed by atoms with van der Waals surface area (Å²) in [4.78, 5) is 25.9. The van der Waals surface area contributed by atoms with Crippen molar-refractivity contribution in [3.8, 4) is 0 Å². The van der Waals surface area contributed by atoms with Gasteiger partial charge in [-0.3, -0.25) is 4.79 Å². The number of carbonyl (C=O) groups excluding carboxylic acids is 1. The van der Waals surface area contributed by atoms with E-state index in [9.17, 15) is 4.79 Å². The van der Waals surface area contributed by atoms with E-state index in [1.165, 1.54) is 5.56 Å². The predicted molar refractivity (Wildman–Crippen MR) is 101 cm³/mol. The number of imidazole rings is 1. The van der Waals surface area contributed by atoms with E-state index in [4.69, 9.17) is 0 Å². The summed E-state index contributed by atoms with van der Waals surface area (Å²) in [7, 11) is 3.90. The molecule has 1 aromatic carbocycles. The standard InChI is InChI=1S/C20H21N5O/c1-23-13-11-21-18(23)14-24(2)19-16(7-5-10-22-19)20(26)25-12-9-15-6-3-4-8-17(15)25/h3-8,10-11,13H,9,12,14H2,1-2H3. The van der Waals surface area contributed by atoms with E-state index in [-0.39, 0.29) is 5.91 Å². The molecule has 0 unspecified atom stereocenters. The van der Waals surface area contributed by atoms with Crippen molar-refractivity contribution in [1.29, 1.82) is 0 Å². The zero-order valence-corrected chi connectivity index (χ0v) is 15.0. The maximum absolute atomic E-state index is 13.2. The van der Waals surface area contributed by atoms with Gasteiger partial charge in [-0.2, -0.15) is 0 Å². The molecule has 26 heavy (non-hydrogen) atoms. The Kier molecular flexibility index (Phi) is 4.16. The maximum atomic E-state index is 13.2. The molecule has 1 aliphatic heterocycles. The van der Waals surface area contributed by atoms with Gasteiger partial charge in [-0.1, -0.05) is 18.2 Å². The van der Waals surface area contributed by atoms with E-state index >= 15 is 0 Å². The lowest BCUT2D eigenvalue weighted by Crippen LogP contribution is -2.31. The number of hydrogen-bond donors (Lipinski definition) is 0. The first-order valence-electron chi connectivity index (χ1n) is 8.67. The van der Waals surface area contributed by atoms with Gasteiger partial charge in [-0.15, -0.1) is 0 Å². The fourth-order valence-electron chi connectivity index (χ4n) is 3.40. The SMILES string of the molecule is CN(Cc1nccn1C)c1ncccc1C(=O)N1CCc2ccccc21. The summed E-state index contributed by atoms with van der Waals surface area (Å²) in [6, 6.07) is 11.7. The Morgan fingerprint density at radius 2 is 2.00 bits per heavy atom. The number of amides is 1. The molecule has 3 heterocycles. The van der Waals surface area contributed by atoms with Crippen LogP contribution < -0.4 is 9.80 Å². The number of nitrogens with zero attached hydrogens (tertiary/aromatic N) is 5. The number of benzene rings is 1. The number of aromatic nitrogens is 3. The molecule has 0 spiro atoms. The normalized spacial score (nSPS) is 12.9. The minimum atomic E-state index is -0.00950. The number of para-hydroxylation sites is 1. The molecule has 0 bridgehead atoms. The van der Waals surface area contributed by atoms with Crippen LogP contribution in [0, 0.1) is 0 Å². The van der Waals surface area contributed by atoms with Crippen LogP contribution in [-0.4, -0.2) is 34.0 Å². The van der Waals surface area contributed by atoms with Crippen LogP contribution in [0.15, 0.2) is 55.0 Å². The average Bonchev–Trinajstić information content (AvgIpc) is 3.27. The van der Waals surface area contributed by atoms with Gasteiger partial charge in [0.1, 0.15) is 11.6 Å². The molecule has 0 radical (unpaired) electrons. The van der Waals surface area contributed by atoms with E-state index in [1.807, 2.05) is 65.0 Å². The fourth-order valence-corrected chi connectivity index (χ4v) is 3.40. The van der Waals surface area contributed by atoms with Crippen molar-refractivity contribution in [3.05, 3.63) is 71.9 Å². The number of anilines is 2. The van der Waals surface area contributed by atoms with Crippen LogP contribution in [0.1, 0.15) is 21.7 Å². The van der Waals surface area contributed by atoms with Gasteiger partial charge < -0.3 is 14.4 Å². The number of pyridine rings is 1. The van der Waals surface area contributed by atoms with Crippen molar-refractivity contribution in [2.75, 3.05) is 23.4 Å². The van der Waals surface area contributed by atoms with Gasteiger partial charge >= 0.3 is 0 Å². The molecule has 132 valence electrons. The first kappa shape index (κ1) is 16.3. The van der Waals surface area contributed by atoms with E-state index in [1.54, 1.807) is 12.4 Å². The molecule has 4 rings (SSSR count). The van der Waals surface area contributed by atoms with Gasteiger partial charge in [0.15, 0.2) is 0 Å². The van der Waals surface area contributed by atoms with Gasteiger partial charge in [0.05, 0.1) is 12.1 Å². The zero-order valence-electron chi connectivity index (χ0n) is 15.0. The van der Waals surface area contributed by atoms with Crippen molar-refractivity contribution in [3.63, 3.8) is 0 Å². The lowest BCUT2D eigenvalue weighted by Gasteiger charge is -2.23. The number of fused-ring (bicyclic) bond motifs is 1. The van der Waals surface area contributed by atoms with Gasteiger partial charge in [0.25, 0.3) is 5.91 Å². The highest BCUT2D eigenvalue weighted by atomic mass is 16.2. The molecule has 6 nitrogen and oxygen atoms in total. The van der Waals surface area contributed by atoms with Crippen molar-refractivity contribution in [2.24, 2.45) is 7.05 Å². The Bertz CT molecular complexity index is 949. The molecule has 6 heteroatoms. The van der Waals surface area contributed by atoms with Gasteiger partial charge in [-0.25, -0.2) is 9.97 Å². The Morgan fingerprint density at radius 3 is 2.81 bits per heavy atom. The molecule has 2 aromatic heterocycles. The molecule has 0 saturated heterocycles.